The summed E-state index contributed by atoms with van der Waals surface area (Å²) in [7, 11) is 0. The van der Waals surface area contributed by atoms with Gasteiger partial charge in [0.05, 0.1) is 0 Å². The second kappa shape index (κ2) is 9.58. The third-order valence-electron chi connectivity index (χ3n) is 8.77. The molecule has 4 heterocycles. The van der Waals surface area contributed by atoms with E-state index >= 15 is 0 Å². The van der Waals surface area contributed by atoms with Crippen LogP contribution in [0.25, 0.3) is 0 Å². The molecule has 0 bridgehead atoms. The number of aryl methyl sites for hydroxylation is 1. The minimum atomic E-state index is 0.0628. The van der Waals surface area contributed by atoms with Gasteiger partial charge in [0.25, 0.3) is 0 Å². The van der Waals surface area contributed by atoms with Crippen molar-refractivity contribution >= 4 is 11.9 Å². The van der Waals surface area contributed by atoms with Gasteiger partial charge in [0, 0.05) is 37.9 Å². The van der Waals surface area contributed by atoms with Crippen LogP contribution >= 0.6 is 0 Å². The average molecular weight is 498 g/mol. The van der Waals surface area contributed by atoms with Gasteiger partial charge < -0.3 is 4.90 Å². The SMILES string of the molecule is O=C(CCCc1nnc2n1C1CCCCC1C1NC(c3ccccc3)NN21)N1CCc2ccccc2C1. The van der Waals surface area contributed by atoms with Gasteiger partial charge >= 0.3 is 0 Å². The Morgan fingerprint density at radius 2 is 1.78 bits per heavy atom. The van der Waals surface area contributed by atoms with E-state index in [0.717, 1.165) is 50.5 Å². The first kappa shape index (κ1) is 22.9. The molecule has 1 aromatic heterocycles. The van der Waals surface area contributed by atoms with Crippen molar-refractivity contribution in [1.29, 1.82) is 0 Å². The fraction of sp³-hybridized carbons (Fsp3) is 0.483. The lowest BCUT2D eigenvalue weighted by atomic mass is 9.81. The molecule has 2 fully saturated rings. The van der Waals surface area contributed by atoms with Crippen molar-refractivity contribution in [2.75, 3.05) is 11.6 Å². The lowest BCUT2D eigenvalue weighted by Crippen LogP contribution is -2.53. The Hall–Kier alpha value is -3.23. The Labute approximate surface area is 218 Å². The minimum Gasteiger partial charge on any atom is -0.338 e. The number of fused-ring (bicyclic) bond motifs is 7. The molecule has 0 radical (unpaired) electrons. The largest absolute Gasteiger partial charge is 0.338 e. The number of amides is 1. The van der Waals surface area contributed by atoms with Crippen molar-refractivity contribution in [2.45, 2.75) is 76.3 Å². The van der Waals surface area contributed by atoms with E-state index in [1.165, 1.54) is 36.0 Å². The number of aromatic nitrogens is 3. The van der Waals surface area contributed by atoms with Gasteiger partial charge in [-0.15, -0.1) is 10.2 Å². The van der Waals surface area contributed by atoms with Crippen LogP contribution in [-0.4, -0.2) is 38.3 Å². The van der Waals surface area contributed by atoms with E-state index < -0.39 is 0 Å². The van der Waals surface area contributed by atoms with Gasteiger partial charge in [-0.25, -0.2) is 5.43 Å². The van der Waals surface area contributed by atoms with Gasteiger partial charge in [0.1, 0.15) is 18.2 Å². The Morgan fingerprint density at radius 1 is 0.973 bits per heavy atom. The monoisotopic (exact) mass is 497 g/mol. The molecule has 192 valence electrons. The molecule has 1 amide bonds. The average Bonchev–Trinajstić information content (AvgIpc) is 3.59. The van der Waals surface area contributed by atoms with Crippen LogP contribution in [0.4, 0.5) is 5.95 Å². The number of anilines is 1. The zero-order valence-electron chi connectivity index (χ0n) is 21.2. The summed E-state index contributed by atoms with van der Waals surface area (Å²) in [5, 5.41) is 15.4. The lowest BCUT2D eigenvalue weighted by Gasteiger charge is -2.44. The van der Waals surface area contributed by atoms with Gasteiger partial charge in [0.2, 0.25) is 11.9 Å². The predicted octanol–water partition coefficient (Wildman–Crippen LogP) is 3.87. The summed E-state index contributed by atoms with van der Waals surface area (Å²) in [6.07, 6.45) is 8.24. The molecule has 8 heteroatoms. The fourth-order valence-electron chi connectivity index (χ4n) is 6.90. The zero-order valence-corrected chi connectivity index (χ0v) is 21.2. The van der Waals surface area contributed by atoms with Crippen LogP contribution in [0.1, 0.15) is 73.2 Å². The maximum Gasteiger partial charge on any atom is 0.243 e. The van der Waals surface area contributed by atoms with Crippen LogP contribution in [-0.2, 0) is 24.2 Å². The van der Waals surface area contributed by atoms with E-state index in [9.17, 15) is 4.79 Å². The Bertz CT molecular complexity index is 1270. The highest BCUT2D eigenvalue weighted by Crippen LogP contribution is 2.45. The van der Waals surface area contributed by atoms with E-state index in [0.29, 0.717) is 18.4 Å². The van der Waals surface area contributed by atoms with Gasteiger partial charge in [-0.1, -0.05) is 67.4 Å². The van der Waals surface area contributed by atoms with Crippen molar-refractivity contribution in [2.24, 2.45) is 5.92 Å². The van der Waals surface area contributed by atoms with E-state index in [2.05, 4.69) is 85.1 Å². The molecule has 3 aromatic rings. The molecule has 2 aromatic carbocycles. The first-order chi connectivity index (χ1) is 18.3. The van der Waals surface area contributed by atoms with Gasteiger partial charge in [-0.05, 0) is 42.4 Å². The predicted molar refractivity (Wildman–Crippen MR) is 141 cm³/mol. The highest BCUT2D eigenvalue weighted by atomic mass is 16.2. The number of nitrogens with one attached hydrogen (secondary N) is 2. The molecule has 1 saturated heterocycles. The number of carbonyl (C=O) groups excluding carboxylic acids is 1. The summed E-state index contributed by atoms with van der Waals surface area (Å²) in [6, 6.07) is 19.4. The molecule has 37 heavy (non-hydrogen) atoms. The molecule has 4 aliphatic rings. The van der Waals surface area contributed by atoms with E-state index in [1.54, 1.807) is 0 Å². The second-order valence-corrected chi connectivity index (χ2v) is 10.9. The van der Waals surface area contributed by atoms with Crippen LogP contribution in [0.15, 0.2) is 54.6 Å². The number of hydrazine groups is 1. The smallest absolute Gasteiger partial charge is 0.243 e. The lowest BCUT2D eigenvalue weighted by molar-refractivity contribution is -0.132. The number of hydrogen-bond donors (Lipinski definition) is 2. The Morgan fingerprint density at radius 3 is 2.68 bits per heavy atom. The van der Waals surface area contributed by atoms with Gasteiger partial charge in [-0.3, -0.25) is 19.7 Å². The number of hydrogen-bond acceptors (Lipinski definition) is 6. The van der Waals surface area contributed by atoms with Gasteiger partial charge in [-0.2, -0.15) is 0 Å². The van der Waals surface area contributed by atoms with Crippen molar-refractivity contribution in [3.63, 3.8) is 0 Å². The van der Waals surface area contributed by atoms with E-state index in [-0.39, 0.29) is 18.2 Å². The quantitative estimate of drug-likeness (QED) is 0.557. The van der Waals surface area contributed by atoms with Crippen molar-refractivity contribution in [1.82, 2.24) is 30.4 Å². The van der Waals surface area contributed by atoms with Crippen LogP contribution in [0, 0.1) is 5.92 Å². The Balaban J connectivity index is 1.06. The first-order valence-electron chi connectivity index (χ1n) is 13.9. The Kier molecular flexibility index (Phi) is 5.93. The summed E-state index contributed by atoms with van der Waals surface area (Å²) in [4.78, 5) is 15.1. The number of nitrogens with zero attached hydrogens (tertiary/aromatic N) is 5. The topological polar surface area (TPSA) is 78.3 Å². The number of rotatable bonds is 5. The van der Waals surface area contributed by atoms with Crippen LogP contribution in [0.5, 0.6) is 0 Å². The van der Waals surface area contributed by atoms with Gasteiger partial charge in [0.15, 0.2) is 0 Å². The number of benzene rings is 2. The van der Waals surface area contributed by atoms with Crippen LogP contribution in [0.3, 0.4) is 0 Å². The molecular weight excluding hydrogens is 462 g/mol. The molecule has 0 spiro atoms. The third-order valence-corrected chi connectivity index (χ3v) is 8.77. The standard InChI is InChI=1S/C29H35N7O/c37-26(34-18-17-20-9-4-5-12-22(20)19-34)16-8-15-25-31-32-29-35(25)24-14-7-6-13-23(24)28-30-27(33-36(28)29)21-10-2-1-3-11-21/h1-5,9-12,23-24,27-28,30,33H,6-8,13-19H2. The van der Waals surface area contributed by atoms with Crippen molar-refractivity contribution < 1.29 is 4.79 Å². The van der Waals surface area contributed by atoms with Crippen molar-refractivity contribution in [3.05, 3.63) is 77.1 Å². The maximum atomic E-state index is 13.0. The third kappa shape index (κ3) is 4.12. The molecule has 2 N–H and O–H groups in total. The van der Waals surface area contributed by atoms with E-state index in [1.807, 2.05) is 4.90 Å². The molecule has 8 nitrogen and oxygen atoms in total. The molecule has 3 aliphatic heterocycles. The normalized spacial score (nSPS) is 26.3. The zero-order chi connectivity index (χ0) is 24.8. The molecule has 1 aliphatic carbocycles. The summed E-state index contributed by atoms with van der Waals surface area (Å²) in [5.41, 5.74) is 7.57. The maximum absolute atomic E-state index is 13.0. The van der Waals surface area contributed by atoms with Crippen molar-refractivity contribution in [3.8, 4) is 0 Å². The summed E-state index contributed by atoms with van der Waals surface area (Å²) < 4.78 is 2.39. The molecule has 7 rings (SSSR count). The summed E-state index contributed by atoms with van der Waals surface area (Å²) in [6.45, 7) is 1.55. The molecule has 4 atom stereocenters. The molecule has 4 unspecified atom stereocenters. The van der Waals surface area contributed by atoms with Crippen LogP contribution < -0.4 is 15.8 Å². The minimum absolute atomic E-state index is 0.0628. The molecular formula is C29H35N7O. The first-order valence-corrected chi connectivity index (χ1v) is 13.9. The van der Waals surface area contributed by atoms with Crippen LogP contribution in [0.2, 0.25) is 0 Å². The number of carbonyl (C=O) groups is 1. The highest BCUT2D eigenvalue weighted by Gasteiger charge is 2.48. The van der Waals surface area contributed by atoms with E-state index in [4.69, 9.17) is 0 Å². The fourth-order valence-corrected chi connectivity index (χ4v) is 6.90. The summed E-state index contributed by atoms with van der Waals surface area (Å²) in [5.74, 6) is 2.69. The highest BCUT2D eigenvalue weighted by molar-refractivity contribution is 5.76. The second-order valence-electron chi connectivity index (χ2n) is 10.9. The molecule has 1 saturated carbocycles. The summed E-state index contributed by atoms with van der Waals surface area (Å²) >= 11 is 0.